The highest BCUT2D eigenvalue weighted by Crippen LogP contribution is 2.22. The van der Waals surface area contributed by atoms with Crippen LogP contribution in [0.25, 0.3) is 10.8 Å². The van der Waals surface area contributed by atoms with Crippen LogP contribution >= 0.6 is 0 Å². The molecule has 2 N–H and O–H groups in total. The molecule has 0 atom stereocenters. The molecular weight excluding hydrogens is 296 g/mol. The van der Waals surface area contributed by atoms with Crippen molar-refractivity contribution < 1.29 is 0 Å². The van der Waals surface area contributed by atoms with Crippen LogP contribution in [0.5, 0.6) is 0 Å². The predicted octanol–water partition coefficient (Wildman–Crippen LogP) is 3.20. The maximum atomic E-state index is 6.01. The SMILES string of the molecule is Nc1ncnc2c1CN(CCCc1cccc3ccccc13)CC2. The summed E-state index contributed by atoms with van der Waals surface area (Å²) in [6.45, 7) is 3.01. The Kier molecular flexibility index (Phi) is 4.13. The molecule has 4 nitrogen and oxygen atoms in total. The molecule has 0 spiro atoms. The van der Waals surface area contributed by atoms with Gasteiger partial charge in [-0.25, -0.2) is 9.97 Å². The lowest BCUT2D eigenvalue weighted by atomic mass is 10.0. The van der Waals surface area contributed by atoms with E-state index < -0.39 is 0 Å². The molecule has 0 unspecified atom stereocenters. The van der Waals surface area contributed by atoms with Crippen LogP contribution in [0.3, 0.4) is 0 Å². The summed E-state index contributed by atoms with van der Waals surface area (Å²) in [5, 5.41) is 2.70. The highest BCUT2D eigenvalue weighted by molar-refractivity contribution is 5.85. The maximum absolute atomic E-state index is 6.01. The zero-order valence-corrected chi connectivity index (χ0v) is 13.8. The second-order valence-electron chi connectivity index (χ2n) is 6.45. The van der Waals surface area contributed by atoms with Gasteiger partial charge in [0.2, 0.25) is 0 Å². The number of nitrogens with zero attached hydrogens (tertiary/aromatic N) is 3. The number of rotatable bonds is 4. The number of aromatic nitrogens is 2. The normalized spacial score (nSPS) is 14.7. The van der Waals surface area contributed by atoms with Gasteiger partial charge in [0.1, 0.15) is 12.1 Å². The molecular formula is C20H22N4. The first-order valence-corrected chi connectivity index (χ1v) is 8.58. The van der Waals surface area contributed by atoms with Gasteiger partial charge in [0.05, 0.1) is 5.69 Å². The van der Waals surface area contributed by atoms with Crippen molar-refractivity contribution in [3.8, 4) is 0 Å². The molecule has 0 aliphatic carbocycles. The van der Waals surface area contributed by atoms with Crippen LogP contribution in [0, 0.1) is 0 Å². The Morgan fingerprint density at radius 2 is 1.92 bits per heavy atom. The molecule has 122 valence electrons. The van der Waals surface area contributed by atoms with Crippen LogP contribution < -0.4 is 5.73 Å². The monoisotopic (exact) mass is 318 g/mol. The van der Waals surface area contributed by atoms with Gasteiger partial charge in [-0.2, -0.15) is 0 Å². The second kappa shape index (κ2) is 6.57. The van der Waals surface area contributed by atoms with Crippen molar-refractivity contribution in [2.75, 3.05) is 18.8 Å². The van der Waals surface area contributed by atoms with Crippen molar-refractivity contribution in [3.05, 3.63) is 65.6 Å². The minimum Gasteiger partial charge on any atom is -0.383 e. The topological polar surface area (TPSA) is 55.0 Å². The van der Waals surface area contributed by atoms with Crippen molar-refractivity contribution >= 4 is 16.6 Å². The summed E-state index contributed by atoms with van der Waals surface area (Å²) >= 11 is 0. The molecule has 1 aromatic heterocycles. The molecule has 0 fully saturated rings. The molecule has 24 heavy (non-hydrogen) atoms. The Balaban J connectivity index is 1.40. The van der Waals surface area contributed by atoms with Gasteiger partial charge in [-0.3, -0.25) is 4.90 Å². The Hall–Kier alpha value is -2.46. The number of hydrogen-bond acceptors (Lipinski definition) is 4. The van der Waals surface area contributed by atoms with Crippen molar-refractivity contribution in [1.29, 1.82) is 0 Å². The molecule has 0 saturated heterocycles. The minimum absolute atomic E-state index is 0.638. The van der Waals surface area contributed by atoms with Crippen LogP contribution in [0.15, 0.2) is 48.8 Å². The summed E-state index contributed by atoms with van der Waals surface area (Å²) in [6.07, 6.45) is 4.79. The van der Waals surface area contributed by atoms with Gasteiger partial charge < -0.3 is 5.73 Å². The van der Waals surface area contributed by atoms with Gasteiger partial charge in [0.25, 0.3) is 0 Å². The van der Waals surface area contributed by atoms with E-state index in [1.165, 1.54) is 16.3 Å². The first-order valence-electron chi connectivity index (χ1n) is 8.58. The third-order valence-corrected chi connectivity index (χ3v) is 4.91. The summed E-state index contributed by atoms with van der Waals surface area (Å²) < 4.78 is 0. The molecule has 2 aromatic carbocycles. The van der Waals surface area contributed by atoms with Crippen LogP contribution in [0.2, 0.25) is 0 Å². The van der Waals surface area contributed by atoms with E-state index in [1.54, 1.807) is 6.33 Å². The number of nitrogen functional groups attached to an aromatic ring is 1. The molecule has 0 amide bonds. The van der Waals surface area contributed by atoms with E-state index >= 15 is 0 Å². The van der Waals surface area contributed by atoms with Crippen molar-refractivity contribution in [1.82, 2.24) is 14.9 Å². The average Bonchev–Trinajstić information content (AvgIpc) is 2.63. The third kappa shape index (κ3) is 2.97. The Morgan fingerprint density at radius 3 is 2.88 bits per heavy atom. The number of fused-ring (bicyclic) bond motifs is 2. The van der Waals surface area contributed by atoms with Gasteiger partial charge >= 0.3 is 0 Å². The maximum Gasteiger partial charge on any atom is 0.131 e. The zero-order chi connectivity index (χ0) is 16.4. The minimum atomic E-state index is 0.638. The summed E-state index contributed by atoms with van der Waals surface area (Å²) in [4.78, 5) is 11.0. The van der Waals surface area contributed by atoms with E-state index in [9.17, 15) is 0 Å². The van der Waals surface area contributed by atoms with Gasteiger partial charge in [0, 0.05) is 25.1 Å². The fourth-order valence-electron chi connectivity index (χ4n) is 3.61. The Bertz CT molecular complexity index is 854. The molecule has 0 bridgehead atoms. The van der Waals surface area contributed by atoms with Gasteiger partial charge in [-0.15, -0.1) is 0 Å². The summed E-state index contributed by atoms with van der Waals surface area (Å²) in [7, 11) is 0. The summed E-state index contributed by atoms with van der Waals surface area (Å²) in [6, 6.07) is 15.2. The van der Waals surface area contributed by atoms with Gasteiger partial charge in [0.15, 0.2) is 0 Å². The molecule has 3 aromatic rings. The fraction of sp³-hybridized carbons (Fsp3) is 0.300. The molecule has 2 heterocycles. The van der Waals surface area contributed by atoms with E-state index in [1.807, 2.05) is 0 Å². The average molecular weight is 318 g/mol. The van der Waals surface area contributed by atoms with Crippen molar-refractivity contribution in [2.45, 2.75) is 25.8 Å². The van der Waals surface area contributed by atoms with Gasteiger partial charge in [-0.1, -0.05) is 42.5 Å². The Labute approximate surface area is 142 Å². The summed E-state index contributed by atoms with van der Waals surface area (Å²) in [5.74, 6) is 0.638. The predicted molar refractivity (Wildman–Crippen MR) is 97.7 cm³/mol. The fourth-order valence-corrected chi connectivity index (χ4v) is 3.61. The van der Waals surface area contributed by atoms with E-state index in [-0.39, 0.29) is 0 Å². The second-order valence-corrected chi connectivity index (χ2v) is 6.45. The number of anilines is 1. The van der Waals surface area contributed by atoms with E-state index in [0.29, 0.717) is 5.82 Å². The third-order valence-electron chi connectivity index (χ3n) is 4.91. The molecule has 0 saturated carbocycles. The van der Waals surface area contributed by atoms with E-state index in [2.05, 4.69) is 57.3 Å². The lowest BCUT2D eigenvalue weighted by Crippen LogP contribution is -2.33. The van der Waals surface area contributed by atoms with E-state index in [4.69, 9.17) is 5.73 Å². The standard InChI is InChI=1S/C20H22N4/c21-20-18-13-24(12-10-19(18)22-14-23-20)11-4-8-16-7-3-6-15-5-1-2-9-17(15)16/h1-3,5-7,9,14H,4,8,10-13H2,(H2,21,22,23). The van der Waals surface area contributed by atoms with Crippen LogP contribution in [0.4, 0.5) is 5.82 Å². The zero-order valence-electron chi connectivity index (χ0n) is 13.8. The summed E-state index contributed by atoms with van der Waals surface area (Å²) in [5.41, 5.74) is 9.68. The number of aryl methyl sites for hydroxylation is 1. The quantitative estimate of drug-likeness (QED) is 0.802. The Morgan fingerprint density at radius 1 is 1.04 bits per heavy atom. The number of nitrogens with two attached hydrogens (primary N) is 1. The highest BCUT2D eigenvalue weighted by Gasteiger charge is 2.19. The lowest BCUT2D eigenvalue weighted by Gasteiger charge is -2.28. The van der Waals surface area contributed by atoms with Crippen LogP contribution in [-0.2, 0) is 19.4 Å². The van der Waals surface area contributed by atoms with Crippen molar-refractivity contribution in [2.24, 2.45) is 0 Å². The first-order chi connectivity index (χ1) is 11.8. The number of hydrogen-bond donors (Lipinski definition) is 1. The lowest BCUT2D eigenvalue weighted by molar-refractivity contribution is 0.249. The largest absolute Gasteiger partial charge is 0.383 e. The van der Waals surface area contributed by atoms with E-state index in [0.717, 1.165) is 50.2 Å². The molecule has 1 aliphatic rings. The molecule has 1 aliphatic heterocycles. The first kappa shape index (κ1) is 15.1. The molecule has 4 heteroatoms. The molecule has 4 rings (SSSR count). The van der Waals surface area contributed by atoms with Crippen molar-refractivity contribution in [3.63, 3.8) is 0 Å². The number of benzene rings is 2. The van der Waals surface area contributed by atoms with Crippen LogP contribution in [0.1, 0.15) is 23.2 Å². The van der Waals surface area contributed by atoms with Crippen LogP contribution in [-0.4, -0.2) is 28.0 Å². The smallest absolute Gasteiger partial charge is 0.131 e. The highest BCUT2D eigenvalue weighted by atomic mass is 15.1. The van der Waals surface area contributed by atoms with Gasteiger partial charge in [-0.05, 0) is 35.7 Å². The molecule has 0 radical (unpaired) electrons.